The normalized spacial score (nSPS) is 22.0. The van der Waals surface area contributed by atoms with E-state index < -0.39 is 0 Å². The van der Waals surface area contributed by atoms with Gasteiger partial charge in [-0.3, -0.25) is 0 Å². The molecule has 2 heteroatoms. The van der Waals surface area contributed by atoms with Crippen LogP contribution in [0, 0.1) is 5.92 Å². The number of hydrogen-bond donors (Lipinski definition) is 1. The Morgan fingerprint density at radius 1 is 1.10 bits per heavy atom. The van der Waals surface area contributed by atoms with Gasteiger partial charge in [-0.25, -0.2) is 0 Å². The molecule has 3 unspecified atom stereocenters. The van der Waals surface area contributed by atoms with E-state index in [0.717, 1.165) is 13.2 Å². The highest BCUT2D eigenvalue weighted by atomic mass is 16.5. The van der Waals surface area contributed by atoms with E-state index in [1.165, 1.54) is 22.8 Å². The second-order valence-electron chi connectivity index (χ2n) is 5.87. The Kier molecular flexibility index (Phi) is 4.04. The Balaban J connectivity index is 1.79. The molecule has 3 rings (SSSR count). The first kappa shape index (κ1) is 13.6. The van der Waals surface area contributed by atoms with Crippen molar-refractivity contribution in [2.24, 2.45) is 5.92 Å². The van der Waals surface area contributed by atoms with Gasteiger partial charge in [-0.1, -0.05) is 42.5 Å². The number of hydrogen-bond acceptors (Lipinski definition) is 2. The molecule has 0 saturated carbocycles. The summed E-state index contributed by atoms with van der Waals surface area (Å²) in [5, 5.41) is 6.42. The zero-order valence-electron chi connectivity index (χ0n) is 12.3. The first-order valence-electron chi connectivity index (χ1n) is 7.57. The van der Waals surface area contributed by atoms with E-state index >= 15 is 0 Å². The average Bonchev–Trinajstić information content (AvgIpc) is 3.01. The molecule has 0 aromatic heterocycles. The van der Waals surface area contributed by atoms with Gasteiger partial charge >= 0.3 is 0 Å². The topological polar surface area (TPSA) is 21.3 Å². The van der Waals surface area contributed by atoms with Crippen LogP contribution in [0.25, 0.3) is 10.8 Å². The molecule has 20 heavy (non-hydrogen) atoms. The largest absolute Gasteiger partial charge is 0.381 e. The molecule has 1 fully saturated rings. The van der Waals surface area contributed by atoms with Crippen LogP contribution >= 0.6 is 0 Å². The van der Waals surface area contributed by atoms with E-state index in [2.05, 4.69) is 61.6 Å². The van der Waals surface area contributed by atoms with Crippen molar-refractivity contribution in [3.8, 4) is 0 Å². The van der Waals surface area contributed by atoms with Crippen molar-refractivity contribution in [2.75, 3.05) is 13.2 Å². The van der Waals surface area contributed by atoms with Crippen LogP contribution in [0.4, 0.5) is 0 Å². The Hall–Kier alpha value is -1.38. The molecule has 2 aromatic rings. The fraction of sp³-hybridized carbons (Fsp3) is 0.444. The number of nitrogens with one attached hydrogen (secondary N) is 1. The SMILES string of the molecule is CC(NC(C)C1CCOC1)c1cccc2ccccc12. The van der Waals surface area contributed by atoms with Crippen LogP contribution in [-0.2, 0) is 4.74 Å². The maximum atomic E-state index is 5.50. The summed E-state index contributed by atoms with van der Waals surface area (Å²) in [7, 11) is 0. The Bertz CT molecular complexity index is 569. The quantitative estimate of drug-likeness (QED) is 0.908. The van der Waals surface area contributed by atoms with E-state index in [9.17, 15) is 0 Å². The molecule has 1 aliphatic rings. The van der Waals surface area contributed by atoms with Crippen molar-refractivity contribution < 1.29 is 4.74 Å². The Morgan fingerprint density at radius 2 is 1.90 bits per heavy atom. The van der Waals surface area contributed by atoms with Gasteiger partial charge < -0.3 is 10.1 Å². The average molecular weight is 269 g/mol. The van der Waals surface area contributed by atoms with Crippen LogP contribution in [0.1, 0.15) is 31.9 Å². The van der Waals surface area contributed by atoms with Gasteiger partial charge in [0.2, 0.25) is 0 Å². The van der Waals surface area contributed by atoms with Gasteiger partial charge in [0, 0.05) is 18.7 Å². The molecule has 0 radical (unpaired) electrons. The maximum absolute atomic E-state index is 5.50. The van der Waals surface area contributed by atoms with Gasteiger partial charge in [0.25, 0.3) is 0 Å². The van der Waals surface area contributed by atoms with Gasteiger partial charge in [0.05, 0.1) is 6.61 Å². The first-order valence-corrected chi connectivity index (χ1v) is 7.57. The van der Waals surface area contributed by atoms with Crippen LogP contribution in [-0.4, -0.2) is 19.3 Å². The minimum atomic E-state index is 0.358. The number of fused-ring (bicyclic) bond motifs is 1. The molecule has 1 heterocycles. The maximum Gasteiger partial charge on any atom is 0.0509 e. The summed E-state index contributed by atoms with van der Waals surface area (Å²) in [5.74, 6) is 0.646. The van der Waals surface area contributed by atoms with Crippen molar-refractivity contribution in [1.29, 1.82) is 0 Å². The summed E-state index contributed by atoms with van der Waals surface area (Å²) in [6.45, 7) is 6.35. The highest BCUT2D eigenvalue weighted by Crippen LogP contribution is 2.26. The molecule has 1 saturated heterocycles. The molecule has 1 aliphatic heterocycles. The fourth-order valence-electron chi connectivity index (χ4n) is 3.20. The predicted molar refractivity (Wildman–Crippen MR) is 83.9 cm³/mol. The van der Waals surface area contributed by atoms with Crippen molar-refractivity contribution in [2.45, 2.75) is 32.4 Å². The summed E-state index contributed by atoms with van der Waals surface area (Å²) in [6, 6.07) is 16.0. The van der Waals surface area contributed by atoms with Crippen LogP contribution in [0.2, 0.25) is 0 Å². The third-order valence-electron chi connectivity index (χ3n) is 4.47. The molecule has 1 N–H and O–H groups in total. The van der Waals surface area contributed by atoms with Crippen molar-refractivity contribution in [3.05, 3.63) is 48.0 Å². The Labute approximate surface area is 121 Å². The second-order valence-corrected chi connectivity index (χ2v) is 5.87. The lowest BCUT2D eigenvalue weighted by atomic mass is 9.96. The smallest absolute Gasteiger partial charge is 0.0509 e. The molecule has 0 aliphatic carbocycles. The zero-order valence-corrected chi connectivity index (χ0v) is 12.3. The number of benzene rings is 2. The van der Waals surface area contributed by atoms with Crippen molar-refractivity contribution >= 4 is 10.8 Å². The molecular weight excluding hydrogens is 246 g/mol. The fourth-order valence-corrected chi connectivity index (χ4v) is 3.20. The van der Waals surface area contributed by atoms with E-state index in [1.807, 2.05) is 0 Å². The number of ether oxygens (including phenoxy) is 1. The summed E-state index contributed by atoms with van der Waals surface area (Å²) in [5.41, 5.74) is 1.38. The third-order valence-corrected chi connectivity index (χ3v) is 4.47. The predicted octanol–water partition coefficient (Wildman–Crippen LogP) is 3.92. The van der Waals surface area contributed by atoms with Crippen molar-refractivity contribution in [1.82, 2.24) is 5.32 Å². The standard InChI is InChI=1S/C18H23NO/c1-13(16-10-11-20-12-16)19-14(2)17-9-5-7-15-6-3-4-8-18(15)17/h3-9,13-14,16,19H,10-12H2,1-2H3. The lowest BCUT2D eigenvalue weighted by molar-refractivity contribution is 0.177. The first-order chi connectivity index (χ1) is 9.75. The van der Waals surface area contributed by atoms with Gasteiger partial charge in [0.1, 0.15) is 0 Å². The molecule has 0 spiro atoms. The van der Waals surface area contributed by atoms with Crippen LogP contribution in [0.15, 0.2) is 42.5 Å². The lowest BCUT2D eigenvalue weighted by Crippen LogP contribution is -2.35. The zero-order chi connectivity index (χ0) is 13.9. The molecule has 3 atom stereocenters. The van der Waals surface area contributed by atoms with Crippen LogP contribution in [0.5, 0.6) is 0 Å². The molecule has 2 aromatic carbocycles. The summed E-state index contributed by atoms with van der Waals surface area (Å²) >= 11 is 0. The minimum absolute atomic E-state index is 0.358. The van der Waals surface area contributed by atoms with Crippen molar-refractivity contribution in [3.63, 3.8) is 0 Å². The second kappa shape index (κ2) is 5.94. The lowest BCUT2D eigenvalue weighted by Gasteiger charge is -2.25. The highest BCUT2D eigenvalue weighted by molar-refractivity contribution is 5.86. The molecule has 2 nitrogen and oxygen atoms in total. The molecule has 106 valence electrons. The van der Waals surface area contributed by atoms with Crippen LogP contribution < -0.4 is 5.32 Å². The van der Waals surface area contributed by atoms with Crippen LogP contribution in [0.3, 0.4) is 0 Å². The van der Waals surface area contributed by atoms with Gasteiger partial charge in [-0.15, -0.1) is 0 Å². The van der Waals surface area contributed by atoms with E-state index in [0.29, 0.717) is 18.0 Å². The summed E-state index contributed by atoms with van der Waals surface area (Å²) < 4.78 is 5.50. The van der Waals surface area contributed by atoms with E-state index in [1.54, 1.807) is 0 Å². The third kappa shape index (κ3) is 2.72. The molecular formula is C18H23NO. The summed E-state index contributed by atoms with van der Waals surface area (Å²) in [6.07, 6.45) is 1.18. The molecule has 0 bridgehead atoms. The Morgan fingerprint density at radius 3 is 2.70 bits per heavy atom. The van der Waals surface area contributed by atoms with Gasteiger partial charge in [0.15, 0.2) is 0 Å². The highest BCUT2D eigenvalue weighted by Gasteiger charge is 2.23. The monoisotopic (exact) mass is 269 g/mol. The summed E-state index contributed by atoms with van der Waals surface area (Å²) in [4.78, 5) is 0. The molecule has 0 amide bonds. The van der Waals surface area contributed by atoms with E-state index in [4.69, 9.17) is 4.74 Å². The van der Waals surface area contributed by atoms with Gasteiger partial charge in [-0.2, -0.15) is 0 Å². The van der Waals surface area contributed by atoms with Gasteiger partial charge in [-0.05, 0) is 42.5 Å². The van der Waals surface area contributed by atoms with E-state index in [-0.39, 0.29) is 0 Å². The minimum Gasteiger partial charge on any atom is -0.381 e. The number of rotatable bonds is 4.